The summed E-state index contributed by atoms with van der Waals surface area (Å²) >= 11 is 5.32. The van der Waals surface area contributed by atoms with Crippen LogP contribution in [0, 0.1) is 28.6 Å². The summed E-state index contributed by atoms with van der Waals surface area (Å²) in [4.78, 5) is 31.7. The fourth-order valence-corrected chi connectivity index (χ4v) is 9.34. The Morgan fingerprint density at radius 2 is 1.92 bits per heavy atom. The normalized spacial score (nSPS) is 44.5. The Morgan fingerprint density at radius 1 is 1.21 bits per heavy atom. The van der Waals surface area contributed by atoms with Gasteiger partial charge in [0.05, 0.1) is 6.10 Å². The number of halogens is 2. The van der Waals surface area contributed by atoms with Crippen LogP contribution in [0.2, 0.25) is 0 Å². The number of hydroxylamine groups is 2. The largest absolute Gasteiger partial charge is 1.00 e. The number of carbonyl (C=O) groups is 2. The molecule has 4 aliphatic carbocycles. The van der Waals surface area contributed by atoms with Gasteiger partial charge in [0.1, 0.15) is 11.8 Å². The molecule has 0 bridgehead atoms. The summed E-state index contributed by atoms with van der Waals surface area (Å²) in [6.45, 7) is 4.56. The van der Waals surface area contributed by atoms with E-state index in [1.807, 2.05) is 30.2 Å². The summed E-state index contributed by atoms with van der Waals surface area (Å²) in [5.74, 6) is -1.88. The maximum absolute atomic E-state index is 17.4. The summed E-state index contributed by atoms with van der Waals surface area (Å²) in [5.41, 5.74) is -4.61. The molecule has 5 nitrogen and oxygen atoms in total. The third kappa shape index (κ3) is 3.96. The van der Waals surface area contributed by atoms with Crippen LogP contribution in [0.15, 0.2) is 54.1 Å². The van der Waals surface area contributed by atoms with Gasteiger partial charge in [-0.05, 0) is 68.2 Å². The summed E-state index contributed by atoms with van der Waals surface area (Å²) in [5, 5.41) is 12.8. The van der Waals surface area contributed by atoms with Crippen molar-refractivity contribution >= 4 is 23.5 Å². The molecule has 0 amide bonds. The molecule has 3 saturated carbocycles. The van der Waals surface area contributed by atoms with Crippen LogP contribution in [0.25, 0.3) is 0 Å². The van der Waals surface area contributed by atoms with Gasteiger partial charge in [0, 0.05) is 40.9 Å². The molecule has 204 valence electrons. The number of alkyl halides is 2. The maximum atomic E-state index is 17.4. The first-order chi connectivity index (χ1) is 18.0. The number of aryl methyl sites for hydroxylation is 1. The molecular formula is C30H34F2NNaO4S. The molecule has 1 heterocycles. The van der Waals surface area contributed by atoms with Crippen molar-refractivity contribution in [1.82, 2.24) is 5.06 Å². The molecule has 5 aliphatic rings. The fraction of sp³-hybridized carbons (Fsp3) is 0.600. The Kier molecular flexibility index (Phi) is 7.62. The second kappa shape index (κ2) is 10.1. The number of hydrogen-bond acceptors (Lipinski definition) is 6. The minimum atomic E-state index is -2.18. The number of allylic oxidation sites excluding steroid dienone is 4. The van der Waals surface area contributed by atoms with E-state index in [1.165, 1.54) is 23.8 Å². The molecule has 9 heteroatoms. The molecule has 4 fully saturated rings. The number of nitrogens with zero attached hydrogens (tertiary/aromatic N) is 1. The fourth-order valence-electron chi connectivity index (χ4n) is 8.90. The number of ketones is 1. The molecule has 1 aromatic carbocycles. The Bertz CT molecular complexity index is 1230. The average Bonchev–Trinajstić information content (AvgIpc) is 3.36. The molecule has 0 unspecified atom stereocenters. The number of hydrogen-bond donors (Lipinski definition) is 1. The van der Waals surface area contributed by atoms with Crippen LogP contribution in [0.3, 0.4) is 0 Å². The van der Waals surface area contributed by atoms with Crippen molar-refractivity contribution in [1.29, 1.82) is 0 Å². The molecule has 1 aliphatic heterocycles. The number of rotatable bonds is 5. The summed E-state index contributed by atoms with van der Waals surface area (Å²) in [6, 6.07) is 10.1. The standard InChI is InChI=1S/C30H35F2NO4S.Na/c1-27-11-10-20(34)14-23(27)24(31)15-22-21-13-19-17-33(12-6-9-18-7-4-3-5-8-18)37-30(19,26(36)38)28(21,2)16-25(35)29(22,27)32;/h3-5,7-8,10-11,14,19,21-22,24-25,35H,6,9,12-13,15-17H2,1-2H3,(H,36,38);/q;+1/p-1/t19-,21-,22-,24-,25-,27-,28-,29-,30-;/m0./s1. The predicted molar refractivity (Wildman–Crippen MR) is 140 cm³/mol. The van der Waals surface area contributed by atoms with Crippen LogP contribution in [0.4, 0.5) is 8.78 Å². The van der Waals surface area contributed by atoms with Gasteiger partial charge in [0.15, 0.2) is 11.5 Å². The van der Waals surface area contributed by atoms with Gasteiger partial charge in [-0.1, -0.05) is 43.3 Å². The second-order valence-electron chi connectivity index (χ2n) is 12.4. The minimum Gasteiger partial charge on any atom is -0.739 e. The van der Waals surface area contributed by atoms with E-state index in [-0.39, 0.29) is 59.7 Å². The van der Waals surface area contributed by atoms with Crippen LogP contribution in [-0.2, 0) is 33.5 Å². The first kappa shape index (κ1) is 29.5. The first-order valence-corrected chi connectivity index (χ1v) is 14.0. The number of aliphatic hydroxyl groups is 1. The van der Waals surface area contributed by atoms with Gasteiger partial charge < -0.3 is 22.5 Å². The topological polar surface area (TPSA) is 66.8 Å². The number of fused-ring (bicyclic) bond motifs is 7. The molecule has 1 saturated heterocycles. The van der Waals surface area contributed by atoms with Gasteiger partial charge in [-0.3, -0.25) is 9.63 Å². The van der Waals surface area contributed by atoms with E-state index in [0.717, 1.165) is 12.8 Å². The molecule has 9 atom stereocenters. The van der Waals surface area contributed by atoms with Crippen molar-refractivity contribution < 1.29 is 57.9 Å². The quantitative estimate of drug-likeness (QED) is 0.428. The van der Waals surface area contributed by atoms with E-state index in [2.05, 4.69) is 12.1 Å². The molecule has 6 rings (SSSR count). The number of benzene rings is 1. The van der Waals surface area contributed by atoms with Gasteiger partial charge in [-0.2, -0.15) is 5.06 Å². The van der Waals surface area contributed by atoms with Crippen LogP contribution in [0.5, 0.6) is 0 Å². The van der Waals surface area contributed by atoms with Crippen molar-refractivity contribution in [3.8, 4) is 0 Å². The van der Waals surface area contributed by atoms with Crippen LogP contribution in [0.1, 0.15) is 45.1 Å². The smallest absolute Gasteiger partial charge is 0.739 e. The predicted octanol–water partition coefficient (Wildman–Crippen LogP) is 1.23. The molecule has 39 heavy (non-hydrogen) atoms. The molecule has 0 radical (unpaired) electrons. The molecule has 1 aromatic rings. The number of aliphatic hydroxyl groups excluding tert-OH is 1. The first-order valence-electron chi connectivity index (χ1n) is 13.6. The van der Waals surface area contributed by atoms with Gasteiger partial charge in [-0.15, -0.1) is 0 Å². The average molecular weight is 566 g/mol. The van der Waals surface area contributed by atoms with E-state index in [9.17, 15) is 14.7 Å². The summed E-state index contributed by atoms with van der Waals surface area (Å²) in [7, 11) is 0. The Labute approximate surface area is 256 Å². The van der Waals surface area contributed by atoms with Gasteiger partial charge >= 0.3 is 29.6 Å². The van der Waals surface area contributed by atoms with Crippen molar-refractivity contribution in [3.05, 3.63) is 59.7 Å². The van der Waals surface area contributed by atoms with Gasteiger partial charge in [-0.25, -0.2) is 8.78 Å². The van der Waals surface area contributed by atoms with Crippen molar-refractivity contribution in [2.75, 3.05) is 13.1 Å². The van der Waals surface area contributed by atoms with E-state index in [1.54, 1.807) is 6.92 Å². The minimum absolute atomic E-state index is 0. The molecular weight excluding hydrogens is 531 g/mol. The zero-order chi connectivity index (χ0) is 27.1. The van der Waals surface area contributed by atoms with E-state index in [4.69, 9.17) is 17.5 Å². The van der Waals surface area contributed by atoms with Crippen molar-refractivity contribution in [2.45, 2.75) is 69.5 Å². The molecule has 0 aromatic heterocycles. The maximum Gasteiger partial charge on any atom is 1.00 e. The molecule has 0 spiro atoms. The summed E-state index contributed by atoms with van der Waals surface area (Å²) < 4.78 is 33.0. The number of carbonyl (C=O) groups excluding carboxylic acids is 2. The van der Waals surface area contributed by atoms with E-state index in [0.29, 0.717) is 19.5 Å². The molecule has 1 N–H and O–H groups in total. The van der Waals surface area contributed by atoms with Crippen LogP contribution >= 0.6 is 0 Å². The third-order valence-corrected chi connectivity index (χ3v) is 11.0. The van der Waals surface area contributed by atoms with Crippen LogP contribution < -0.4 is 29.6 Å². The van der Waals surface area contributed by atoms with E-state index >= 15 is 8.78 Å². The Balaban J connectivity index is 0.00000308. The van der Waals surface area contributed by atoms with Gasteiger partial charge in [0.25, 0.3) is 0 Å². The van der Waals surface area contributed by atoms with E-state index < -0.39 is 51.3 Å². The van der Waals surface area contributed by atoms with Crippen LogP contribution in [-0.4, -0.2) is 57.7 Å². The van der Waals surface area contributed by atoms with Crippen molar-refractivity contribution in [2.24, 2.45) is 28.6 Å². The second-order valence-corrected chi connectivity index (χ2v) is 12.8. The third-order valence-electron chi connectivity index (χ3n) is 10.7. The Hall–Kier alpha value is -1.00. The zero-order valence-corrected chi connectivity index (χ0v) is 25.6. The zero-order valence-electron chi connectivity index (χ0n) is 22.7. The van der Waals surface area contributed by atoms with Gasteiger partial charge in [0.2, 0.25) is 0 Å². The SMILES string of the molecule is C[C@]12C=CC(=O)C=C1[C@@H](F)C[C@H]1[C@@H]3C[C@H]4CN(CCCc5ccccc5)O[C@@]4(C(=O)[S-])[C@@]3(C)C[C@H](O)[C@@]12F.[Na+]. The van der Waals surface area contributed by atoms with Crippen molar-refractivity contribution in [3.63, 3.8) is 0 Å². The Morgan fingerprint density at radius 3 is 2.62 bits per heavy atom. The summed E-state index contributed by atoms with van der Waals surface area (Å²) in [6.07, 6.45) is 2.91. The monoisotopic (exact) mass is 565 g/mol.